The molecule has 3 rings (SSSR count). The first-order valence-electron chi connectivity index (χ1n) is 8.97. The van der Waals surface area contributed by atoms with E-state index in [1.54, 1.807) is 7.11 Å². The number of nitrogens with zero attached hydrogens (tertiary/aromatic N) is 2. The van der Waals surface area contributed by atoms with Crippen LogP contribution in [0.5, 0.6) is 0 Å². The van der Waals surface area contributed by atoms with Crippen LogP contribution in [-0.4, -0.2) is 66.9 Å². The molecule has 1 saturated heterocycles. The van der Waals surface area contributed by atoms with Gasteiger partial charge in [0, 0.05) is 45.4 Å². The zero-order valence-corrected chi connectivity index (χ0v) is 14.4. The van der Waals surface area contributed by atoms with E-state index in [1.165, 1.54) is 18.4 Å². The average Bonchev–Trinajstić information content (AvgIpc) is 2.91. The lowest BCUT2D eigenvalue weighted by atomic mass is 10.0. The van der Waals surface area contributed by atoms with Crippen molar-refractivity contribution in [2.75, 3.05) is 39.9 Å². The SMILES string of the molecule is CCC[C@@H]1CN([C@@H]2Cc3ccccc3[C@H]2O)CCN1CCOC. The molecule has 0 saturated carbocycles. The summed E-state index contributed by atoms with van der Waals surface area (Å²) in [5, 5.41) is 10.7. The monoisotopic (exact) mass is 318 g/mol. The Morgan fingerprint density at radius 2 is 2.09 bits per heavy atom. The van der Waals surface area contributed by atoms with Crippen LogP contribution in [0, 0.1) is 0 Å². The van der Waals surface area contributed by atoms with Gasteiger partial charge in [-0.2, -0.15) is 0 Å². The summed E-state index contributed by atoms with van der Waals surface area (Å²) in [6.07, 6.45) is 3.07. The van der Waals surface area contributed by atoms with Gasteiger partial charge in [0.1, 0.15) is 0 Å². The summed E-state index contributed by atoms with van der Waals surface area (Å²) in [4.78, 5) is 5.09. The molecule has 0 radical (unpaired) electrons. The number of hydrogen-bond acceptors (Lipinski definition) is 4. The summed E-state index contributed by atoms with van der Waals surface area (Å²) in [5.41, 5.74) is 2.45. The predicted molar refractivity (Wildman–Crippen MR) is 92.6 cm³/mol. The van der Waals surface area contributed by atoms with Crippen LogP contribution in [0.15, 0.2) is 24.3 Å². The summed E-state index contributed by atoms with van der Waals surface area (Å²) < 4.78 is 5.26. The summed E-state index contributed by atoms with van der Waals surface area (Å²) in [5.74, 6) is 0. The predicted octanol–water partition coefficient (Wildman–Crippen LogP) is 2.08. The van der Waals surface area contributed by atoms with Gasteiger partial charge in [-0.15, -0.1) is 0 Å². The van der Waals surface area contributed by atoms with Gasteiger partial charge < -0.3 is 9.84 Å². The van der Waals surface area contributed by atoms with Gasteiger partial charge in [0.05, 0.1) is 12.7 Å². The molecule has 2 aliphatic rings. The molecule has 3 atom stereocenters. The van der Waals surface area contributed by atoms with Gasteiger partial charge in [-0.05, 0) is 24.0 Å². The molecule has 0 spiro atoms. The minimum Gasteiger partial charge on any atom is -0.387 e. The first kappa shape index (κ1) is 16.9. The number of piperazine rings is 1. The smallest absolute Gasteiger partial charge is 0.0951 e. The number of ether oxygens (including phenoxy) is 1. The molecule has 1 fully saturated rings. The normalized spacial score (nSPS) is 28.9. The van der Waals surface area contributed by atoms with Crippen molar-refractivity contribution in [3.63, 3.8) is 0 Å². The lowest BCUT2D eigenvalue weighted by Gasteiger charge is -2.44. The van der Waals surface area contributed by atoms with Crippen LogP contribution >= 0.6 is 0 Å². The molecule has 1 aliphatic carbocycles. The van der Waals surface area contributed by atoms with Crippen molar-refractivity contribution in [1.29, 1.82) is 0 Å². The second kappa shape index (κ2) is 7.75. The van der Waals surface area contributed by atoms with Gasteiger partial charge in [-0.1, -0.05) is 37.6 Å². The van der Waals surface area contributed by atoms with Crippen LogP contribution in [0.25, 0.3) is 0 Å². The molecular formula is C19H30N2O2. The first-order chi connectivity index (χ1) is 11.2. The Kier molecular flexibility index (Phi) is 5.70. The zero-order valence-electron chi connectivity index (χ0n) is 14.4. The van der Waals surface area contributed by atoms with Crippen molar-refractivity contribution in [1.82, 2.24) is 9.80 Å². The Hall–Kier alpha value is -0.940. The van der Waals surface area contributed by atoms with E-state index < -0.39 is 0 Å². The Morgan fingerprint density at radius 1 is 1.26 bits per heavy atom. The maximum absolute atomic E-state index is 10.7. The van der Waals surface area contributed by atoms with E-state index >= 15 is 0 Å². The third-order valence-corrected chi connectivity index (χ3v) is 5.48. The molecule has 128 valence electrons. The van der Waals surface area contributed by atoms with E-state index in [0.717, 1.165) is 44.8 Å². The van der Waals surface area contributed by atoms with Gasteiger partial charge in [0.25, 0.3) is 0 Å². The summed E-state index contributed by atoms with van der Waals surface area (Å²) in [7, 11) is 1.77. The number of methoxy groups -OCH3 is 1. The molecule has 23 heavy (non-hydrogen) atoms. The van der Waals surface area contributed by atoms with Crippen molar-refractivity contribution >= 4 is 0 Å². The van der Waals surface area contributed by atoms with Crippen LogP contribution in [0.4, 0.5) is 0 Å². The quantitative estimate of drug-likeness (QED) is 0.871. The van der Waals surface area contributed by atoms with Gasteiger partial charge >= 0.3 is 0 Å². The molecular weight excluding hydrogens is 288 g/mol. The Balaban J connectivity index is 1.66. The topological polar surface area (TPSA) is 35.9 Å². The van der Waals surface area contributed by atoms with E-state index in [4.69, 9.17) is 4.74 Å². The number of fused-ring (bicyclic) bond motifs is 1. The van der Waals surface area contributed by atoms with E-state index in [1.807, 2.05) is 6.07 Å². The lowest BCUT2D eigenvalue weighted by Crippen LogP contribution is -2.57. The zero-order chi connectivity index (χ0) is 16.2. The maximum atomic E-state index is 10.7. The molecule has 1 heterocycles. The van der Waals surface area contributed by atoms with Gasteiger partial charge in [-0.3, -0.25) is 9.80 Å². The second-order valence-electron chi connectivity index (χ2n) is 6.88. The molecule has 0 bridgehead atoms. The Morgan fingerprint density at radius 3 is 2.83 bits per heavy atom. The number of rotatable bonds is 6. The largest absolute Gasteiger partial charge is 0.387 e. The molecule has 4 heteroatoms. The highest BCUT2D eigenvalue weighted by Crippen LogP contribution is 2.35. The van der Waals surface area contributed by atoms with Crippen LogP contribution in [0.2, 0.25) is 0 Å². The summed E-state index contributed by atoms with van der Waals surface area (Å²) in [6.45, 7) is 7.26. The third-order valence-electron chi connectivity index (χ3n) is 5.48. The molecule has 1 aromatic rings. The lowest BCUT2D eigenvalue weighted by molar-refractivity contribution is -0.00674. The van der Waals surface area contributed by atoms with Gasteiger partial charge in [0.15, 0.2) is 0 Å². The minimum absolute atomic E-state index is 0.247. The minimum atomic E-state index is -0.334. The van der Waals surface area contributed by atoms with Crippen molar-refractivity contribution in [3.05, 3.63) is 35.4 Å². The van der Waals surface area contributed by atoms with Crippen molar-refractivity contribution in [2.24, 2.45) is 0 Å². The fourth-order valence-electron chi connectivity index (χ4n) is 4.21. The molecule has 1 aromatic carbocycles. The van der Waals surface area contributed by atoms with Crippen LogP contribution in [-0.2, 0) is 11.2 Å². The number of aliphatic hydroxyl groups excluding tert-OH is 1. The van der Waals surface area contributed by atoms with Crippen molar-refractivity contribution in [2.45, 2.75) is 44.4 Å². The van der Waals surface area contributed by atoms with E-state index in [9.17, 15) is 5.11 Å². The number of aliphatic hydroxyl groups is 1. The fourth-order valence-corrected chi connectivity index (χ4v) is 4.21. The molecule has 1 aliphatic heterocycles. The van der Waals surface area contributed by atoms with Gasteiger partial charge in [-0.25, -0.2) is 0 Å². The molecule has 4 nitrogen and oxygen atoms in total. The van der Waals surface area contributed by atoms with E-state index in [-0.39, 0.29) is 12.1 Å². The van der Waals surface area contributed by atoms with Crippen LogP contribution in [0.3, 0.4) is 0 Å². The van der Waals surface area contributed by atoms with Crippen LogP contribution in [0.1, 0.15) is 37.0 Å². The Bertz CT molecular complexity index is 508. The number of benzene rings is 1. The van der Waals surface area contributed by atoms with E-state index in [0.29, 0.717) is 6.04 Å². The van der Waals surface area contributed by atoms with Crippen molar-refractivity contribution < 1.29 is 9.84 Å². The maximum Gasteiger partial charge on any atom is 0.0951 e. The third kappa shape index (κ3) is 3.61. The van der Waals surface area contributed by atoms with Crippen molar-refractivity contribution in [3.8, 4) is 0 Å². The highest BCUT2D eigenvalue weighted by Gasteiger charge is 2.38. The highest BCUT2D eigenvalue weighted by atomic mass is 16.5. The molecule has 0 unspecified atom stereocenters. The van der Waals surface area contributed by atoms with E-state index in [2.05, 4.69) is 34.9 Å². The highest BCUT2D eigenvalue weighted by molar-refractivity contribution is 5.36. The Labute approximate surface area is 140 Å². The molecule has 1 N–H and O–H groups in total. The fraction of sp³-hybridized carbons (Fsp3) is 0.684. The first-order valence-corrected chi connectivity index (χ1v) is 8.97. The molecule has 0 aromatic heterocycles. The standard InChI is InChI=1S/C19H30N2O2/c1-3-6-16-14-21(10-9-20(16)11-12-23-2)18-13-15-7-4-5-8-17(15)19(18)22/h4-5,7-8,16,18-19,22H,3,6,9-14H2,1-2H3/t16-,18-,19-/m1/s1. The summed E-state index contributed by atoms with van der Waals surface area (Å²) in [6, 6.07) is 9.19. The van der Waals surface area contributed by atoms with Crippen LogP contribution < -0.4 is 0 Å². The van der Waals surface area contributed by atoms with Gasteiger partial charge in [0.2, 0.25) is 0 Å². The number of hydrogen-bond donors (Lipinski definition) is 1. The second-order valence-corrected chi connectivity index (χ2v) is 6.88. The molecule has 0 amide bonds. The summed E-state index contributed by atoms with van der Waals surface area (Å²) >= 11 is 0. The average molecular weight is 318 g/mol.